The highest BCUT2D eigenvalue weighted by molar-refractivity contribution is 5.81. The number of nitrogens with two attached hydrogens (primary N) is 1. The van der Waals surface area contributed by atoms with Gasteiger partial charge in [0.2, 0.25) is 5.91 Å². The lowest BCUT2D eigenvalue weighted by molar-refractivity contribution is -0.119. The molecule has 15 heavy (non-hydrogen) atoms. The second kappa shape index (κ2) is 5.79. The highest BCUT2D eigenvalue weighted by atomic mass is 16.1. The minimum absolute atomic E-state index is 0.0816. The summed E-state index contributed by atoms with van der Waals surface area (Å²) in [6.45, 7) is 2.83. The van der Waals surface area contributed by atoms with Gasteiger partial charge < -0.3 is 16.4 Å². The van der Waals surface area contributed by atoms with Crippen molar-refractivity contribution in [3.05, 3.63) is 12.4 Å². The van der Waals surface area contributed by atoms with E-state index < -0.39 is 0 Å². The van der Waals surface area contributed by atoms with Crippen molar-refractivity contribution in [2.24, 2.45) is 0 Å². The van der Waals surface area contributed by atoms with Crippen LogP contribution < -0.4 is 16.4 Å². The van der Waals surface area contributed by atoms with Crippen LogP contribution in [0, 0.1) is 0 Å². The van der Waals surface area contributed by atoms with E-state index in [2.05, 4.69) is 20.6 Å². The molecule has 0 aliphatic carbocycles. The van der Waals surface area contributed by atoms with E-state index in [4.69, 9.17) is 5.73 Å². The second-order valence-electron chi connectivity index (χ2n) is 2.99. The number of hydrogen-bond acceptors (Lipinski definition) is 5. The first-order chi connectivity index (χ1) is 7.24. The summed E-state index contributed by atoms with van der Waals surface area (Å²) in [6, 6.07) is 0. The second-order valence-corrected chi connectivity index (χ2v) is 2.99. The van der Waals surface area contributed by atoms with Crippen LogP contribution in [0.2, 0.25) is 0 Å². The molecule has 0 saturated carbocycles. The lowest BCUT2D eigenvalue weighted by Gasteiger charge is -2.07. The smallest absolute Gasteiger partial charge is 0.239 e. The summed E-state index contributed by atoms with van der Waals surface area (Å²) in [7, 11) is 0. The Kier molecular flexibility index (Phi) is 4.33. The number of carbonyl (C=O) groups is 1. The fourth-order valence-corrected chi connectivity index (χ4v) is 0.976. The standard InChI is InChI=1S/C9H15N5O/c1-2-3-11-7(15)6-14-9-8(10)12-4-5-13-9/h4-5H,2-3,6H2,1H3,(H2,10,12)(H,11,15)(H,13,14). The van der Waals surface area contributed by atoms with E-state index in [1.165, 1.54) is 12.4 Å². The molecule has 0 radical (unpaired) electrons. The van der Waals surface area contributed by atoms with Gasteiger partial charge in [0.25, 0.3) is 0 Å². The number of amides is 1. The molecule has 1 amide bonds. The summed E-state index contributed by atoms with van der Waals surface area (Å²) in [4.78, 5) is 19.0. The zero-order valence-electron chi connectivity index (χ0n) is 8.66. The van der Waals surface area contributed by atoms with Gasteiger partial charge in [0, 0.05) is 18.9 Å². The van der Waals surface area contributed by atoms with Crippen molar-refractivity contribution in [1.29, 1.82) is 0 Å². The molecule has 0 atom stereocenters. The SMILES string of the molecule is CCCNC(=O)CNc1nccnc1N. The Morgan fingerprint density at radius 3 is 2.87 bits per heavy atom. The predicted octanol–water partition coefficient (Wildman–Crippen LogP) is -0.00310. The molecule has 0 fully saturated rings. The first kappa shape index (κ1) is 11.2. The van der Waals surface area contributed by atoms with Gasteiger partial charge in [-0.25, -0.2) is 9.97 Å². The number of carbonyl (C=O) groups excluding carboxylic acids is 1. The molecular formula is C9H15N5O. The number of anilines is 2. The number of nitrogens with one attached hydrogen (secondary N) is 2. The number of nitrogen functional groups attached to an aromatic ring is 1. The Morgan fingerprint density at radius 2 is 2.20 bits per heavy atom. The van der Waals surface area contributed by atoms with Crippen molar-refractivity contribution in [1.82, 2.24) is 15.3 Å². The van der Waals surface area contributed by atoms with Crippen LogP contribution in [0.4, 0.5) is 11.6 Å². The number of aromatic nitrogens is 2. The molecule has 1 rings (SSSR count). The van der Waals surface area contributed by atoms with Crippen LogP contribution in [0.25, 0.3) is 0 Å². The minimum Gasteiger partial charge on any atom is -0.381 e. The Labute approximate surface area is 88.3 Å². The number of hydrogen-bond donors (Lipinski definition) is 3. The van der Waals surface area contributed by atoms with Crippen molar-refractivity contribution in [2.75, 3.05) is 24.1 Å². The molecule has 0 spiro atoms. The molecule has 0 aliphatic rings. The average molecular weight is 209 g/mol. The van der Waals surface area contributed by atoms with Crippen LogP contribution in [-0.4, -0.2) is 29.0 Å². The maximum Gasteiger partial charge on any atom is 0.239 e. The fourth-order valence-electron chi connectivity index (χ4n) is 0.976. The molecule has 82 valence electrons. The zero-order valence-corrected chi connectivity index (χ0v) is 8.66. The van der Waals surface area contributed by atoms with Gasteiger partial charge in [0.05, 0.1) is 6.54 Å². The highest BCUT2D eigenvalue weighted by Gasteiger charge is 2.03. The lowest BCUT2D eigenvalue weighted by atomic mass is 10.4. The van der Waals surface area contributed by atoms with Gasteiger partial charge in [-0.05, 0) is 6.42 Å². The molecule has 6 nitrogen and oxygen atoms in total. The van der Waals surface area contributed by atoms with Gasteiger partial charge in [0.1, 0.15) is 0 Å². The van der Waals surface area contributed by atoms with Crippen LogP contribution in [-0.2, 0) is 4.79 Å². The van der Waals surface area contributed by atoms with Crippen LogP contribution in [0.15, 0.2) is 12.4 Å². The highest BCUT2D eigenvalue weighted by Crippen LogP contribution is 2.08. The van der Waals surface area contributed by atoms with E-state index in [0.29, 0.717) is 18.2 Å². The van der Waals surface area contributed by atoms with Crippen molar-refractivity contribution in [3.63, 3.8) is 0 Å². The molecule has 4 N–H and O–H groups in total. The third-order valence-electron chi connectivity index (χ3n) is 1.72. The summed E-state index contributed by atoms with van der Waals surface area (Å²) in [6.07, 6.45) is 3.93. The van der Waals surface area contributed by atoms with E-state index in [9.17, 15) is 4.79 Å². The monoisotopic (exact) mass is 209 g/mol. The molecule has 0 saturated heterocycles. The Morgan fingerprint density at radius 1 is 1.47 bits per heavy atom. The van der Waals surface area contributed by atoms with Gasteiger partial charge in [0.15, 0.2) is 11.6 Å². The molecule has 0 bridgehead atoms. The summed E-state index contributed by atoms with van der Waals surface area (Å²) < 4.78 is 0. The first-order valence-electron chi connectivity index (χ1n) is 4.81. The van der Waals surface area contributed by atoms with Gasteiger partial charge >= 0.3 is 0 Å². The molecule has 1 aromatic heterocycles. The van der Waals surface area contributed by atoms with E-state index in [1.807, 2.05) is 6.92 Å². The van der Waals surface area contributed by atoms with E-state index >= 15 is 0 Å². The van der Waals surface area contributed by atoms with Crippen molar-refractivity contribution >= 4 is 17.5 Å². The summed E-state index contributed by atoms with van der Waals surface area (Å²) >= 11 is 0. The fraction of sp³-hybridized carbons (Fsp3) is 0.444. The van der Waals surface area contributed by atoms with E-state index in [-0.39, 0.29) is 12.5 Å². The summed E-state index contributed by atoms with van der Waals surface area (Å²) in [5.41, 5.74) is 5.54. The molecule has 0 aliphatic heterocycles. The topological polar surface area (TPSA) is 92.9 Å². The zero-order chi connectivity index (χ0) is 11.1. The normalized spacial score (nSPS) is 9.67. The summed E-state index contributed by atoms with van der Waals surface area (Å²) in [5, 5.41) is 5.54. The third kappa shape index (κ3) is 3.80. The van der Waals surface area contributed by atoms with E-state index in [0.717, 1.165) is 6.42 Å². The summed E-state index contributed by atoms with van der Waals surface area (Å²) in [5.74, 6) is 0.645. The van der Waals surface area contributed by atoms with Crippen LogP contribution in [0.3, 0.4) is 0 Å². The van der Waals surface area contributed by atoms with Crippen molar-refractivity contribution < 1.29 is 4.79 Å². The van der Waals surface area contributed by atoms with Crippen molar-refractivity contribution in [3.8, 4) is 0 Å². The third-order valence-corrected chi connectivity index (χ3v) is 1.72. The van der Waals surface area contributed by atoms with Gasteiger partial charge in [-0.3, -0.25) is 4.79 Å². The van der Waals surface area contributed by atoms with Crippen molar-refractivity contribution in [2.45, 2.75) is 13.3 Å². The molecule has 1 aromatic rings. The number of nitrogens with zero attached hydrogens (tertiary/aromatic N) is 2. The van der Waals surface area contributed by atoms with Crippen LogP contribution in [0.5, 0.6) is 0 Å². The Bertz CT molecular complexity index is 328. The predicted molar refractivity (Wildman–Crippen MR) is 58.2 cm³/mol. The first-order valence-corrected chi connectivity index (χ1v) is 4.81. The molecule has 1 heterocycles. The largest absolute Gasteiger partial charge is 0.381 e. The van der Waals surface area contributed by atoms with Gasteiger partial charge in [-0.1, -0.05) is 6.92 Å². The molecule has 6 heteroatoms. The van der Waals surface area contributed by atoms with Crippen LogP contribution >= 0.6 is 0 Å². The van der Waals surface area contributed by atoms with Gasteiger partial charge in [-0.2, -0.15) is 0 Å². The molecule has 0 unspecified atom stereocenters. The van der Waals surface area contributed by atoms with E-state index in [1.54, 1.807) is 0 Å². The quantitative estimate of drug-likeness (QED) is 0.634. The minimum atomic E-state index is -0.0816. The Balaban J connectivity index is 2.37. The molecule has 0 aromatic carbocycles. The van der Waals surface area contributed by atoms with Crippen LogP contribution in [0.1, 0.15) is 13.3 Å². The average Bonchev–Trinajstić information content (AvgIpc) is 2.25. The lowest BCUT2D eigenvalue weighted by Crippen LogP contribution is -2.30. The number of rotatable bonds is 5. The van der Waals surface area contributed by atoms with Gasteiger partial charge in [-0.15, -0.1) is 0 Å². The Hall–Kier alpha value is -1.85. The maximum absolute atomic E-state index is 11.2. The molecular weight excluding hydrogens is 194 g/mol. The maximum atomic E-state index is 11.2.